The van der Waals surface area contributed by atoms with Gasteiger partial charge in [0.15, 0.2) is 5.16 Å². The molecule has 0 saturated heterocycles. The Morgan fingerprint density at radius 1 is 1.29 bits per heavy atom. The van der Waals surface area contributed by atoms with E-state index < -0.39 is 5.82 Å². The van der Waals surface area contributed by atoms with Crippen molar-refractivity contribution in [2.45, 2.75) is 28.6 Å². The number of thioether (sulfide) groups is 2. The standard InChI is InChI=1S/C22H20FN3O3S2/c1-13-11-18-20(31-13)21(28)26(14-7-9-15(29-2)10-8-14)22(25-18)30-12-19(27)24-17-6-4-3-5-16(17)23/h3-10,13H,11-12H2,1-2H3,(H,24,27). The number of nitrogens with one attached hydrogen (secondary N) is 1. The maximum Gasteiger partial charge on any atom is 0.272 e. The second-order valence-electron chi connectivity index (χ2n) is 6.96. The highest BCUT2D eigenvalue weighted by Gasteiger charge is 2.27. The molecule has 1 aliphatic heterocycles. The summed E-state index contributed by atoms with van der Waals surface area (Å²) < 4.78 is 20.5. The second-order valence-corrected chi connectivity index (χ2v) is 9.35. The van der Waals surface area contributed by atoms with E-state index in [-0.39, 0.29) is 28.2 Å². The molecule has 3 aromatic rings. The number of aromatic nitrogens is 2. The molecule has 1 unspecified atom stereocenters. The van der Waals surface area contributed by atoms with Gasteiger partial charge in [-0.1, -0.05) is 30.8 Å². The first kappa shape index (κ1) is 21.5. The summed E-state index contributed by atoms with van der Waals surface area (Å²) in [6.45, 7) is 2.05. The van der Waals surface area contributed by atoms with Gasteiger partial charge in [-0.3, -0.25) is 14.2 Å². The van der Waals surface area contributed by atoms with Crippen LogP contribution in [-0.4, -0.2) is 33.6 Å². The van der Waals surface area contributed by atoms with Crippen molar-refractivity contribution in [3.63, 3.8) is 0 Å². The van der Waals surface area contributed by atoms with Gasteiger partial charge in [-0.15, -0.1) is 11.8 Å². The number of nitrogens with zero attached hydrogens (tertiary/aromatic N) is 2. The summed E-state index contributed by atoms with van der Waals surface area (Å²) >= 11 is 2.66. The van der Waals surface area contributed by atoms with Gasteiger partial charge in [-0.25, -0.2) is 9.37 Å². The number of hydrogen-bond acceptors (Lipinski definition) is 6. The zero-order valence-electron chi connectivity index (χ0n) is 16.9. The largest absolute Gasteiger partial charge is 0.497 e. The van der Waals surface area contributed by atoms with Gasteiger partial charge < -0.3 is 10.1 Å². The minimum atomic E-state index is -0.502. The number of methoxy groups -OCH3 is 1. The molecule has 0 fully saturated rings. The molecule has 1 aliphatic rings. The molecule has 0 spiro atoms. The molecule has 1 atom stereocenters. The summed E-state index contributed by atoms with van der Waals surface area (Å²) in [5, 5.41) is 3.25. The zero-order chi connectivity index (χ0) is 22.0. The minimum Gasteiger partial charge on any atom is -0.497 e. The van der Waals surface area contributed by atoms with Crippen LogP contribution in [0.5, 0.6) is 5.75 Å². The Balaban J connectivity index is 1.63. The average Bonchev–Trinajstić information content (AvgIpc) is 3.15. The molecule has 160 valence electrons. The monoisotopic (exact) mass is 457 g/mol. The Morgan fingerprint density at radius 2 is 2.03 bits per heavy atom. The lowest BCUT2D eigenvalue weighted by Gasteiger charge is -2.14. The second kappa shape index (κ2) is 9.15. The van der Waals surface area contributed by atoms with Gasteiger partial charge in [0.05, 0.1) is 34.8 Å². The van der Waals surface area contributed by atoms with Crippen LogP contribution in [0.15, 0.2) is 63.4 Å². The third-order valence-electron chi connectivity index (χ3n) is 4.69. The summed E-state index contributed by atoms with van der Waals surface area (Å²) in [7, 11) is 1.58. The molecule has 0 aliphatic carbocycles. The molecule has 1 aromatic heterocycles. The maximum absolute atomic E-state index is 13.8. The van der Waals surface area contributed by atoms with Crippen molar-refractivity contribution in [2.24, 2.45) is 0 Å². The van der Waals surface area contributed by atoms with E-state index in [2.05, 4.69) is 12.2 Å². The van der Waals surface area contributed by atoms with E-state index in [0.717, 1.165) is 17.5 Å². The minimum absolute atomic E-state index is 0.0155. The molecule has 31 heavy (non-hydrogen) atoms. The lowest BCUT2D eigenvalue weighted by molar-refractivity contribution is -0.113. The molecular formula is C22H20FN3O3S2. The topological polar surface area (TPSA) is 73.2 Å². The van der Waals surface area contributed by atoms with Gasteiger partial charge in [-0.05, 0) is 36.4 Å². The molecule has 2 aromatic carbocycles. The lowest BCUT2D eigenvalue weighted by atomic mass is 10.2. The van der Waals surface area contributed by atoms with Crippen molar-refractivity contribution in [1.82, 2.24) is 9.55 Å². The number of carbonyl (C=O) groups excluding carboxylic acids is 1. The predicted octanol–water partition coefficient (Wildman–Crippen LogP) is 4.15. The van der Waals surface area contributed by atoms with E-state index in [1.165, 1.54) is 28.5 Å². The lowest BCUT2D eigenvalue weighted by Crippen LogP contribution is -2.24. The van der Waals surface area contributed by atoms with Crippen molar-refractivity contribution < 1.29 is 13.9 Å². The van der Waals surface area contributed by atoms with Gasteiger partial charge >= 0.3 is 0 Å². The molecule has 0 saturated carbocycles. The van der Waals surface area contributed by atoms with Crippen molar-refractivity contribution in [1.29, 1.82) is 0 Å². The van der Waals surface area contributed by atoms with E-state index in [9.17, 15) is 14.0 Å². The molecule has 4 rings (SSSR count). The molecule has 9 heteroatoms. The van der Waals surface area contributed by atoms with Crippen LogP contribution in [-0.2, 0) is 11.2 Å². The number of halogens is 1. The molecule has 1 amide bonds. The van der Waals surface area contributed by atoms with Gasteiger partial charge in [0.2, 0.25) is 5.91 Å². The van der Waals surface area contributed by atoms with E-state index in [0.29, 0.717) is 27.9 Å². The van der Waals surface area contributed by atoms with E-state index in [1.807, 2.05) is 0 Å². The fourth-order valence-electron chi connectivity index (χ4n) is 3.23. The third-order valence-corrected chi connectivity index (χ3v) is 6.85. The molecule has 2 heterocycles. The Morgan fingerprint density at radius 3 is 2.74 bits per heavy atom. The maximum atomic E-state index is 13.8. The first-order valence-electron chi connectivity index (χ1n) is 9.60. The number of fused-ring (bicyclic) bond motifs is 1. The number of ether oxygens (including phenoxy) is 1. The first-order chi connectivity index (χ1) is 15.0. The van der Waals surface area contributed by atoms with Crippen LogP contribution in [0.3, 0.4) is 0 Å². The smallest absolute Gasteiger partial charge is 0.272 e. The number of para-hydroxylation sites is 1. The first-order valence-corrected chi connectivity index (χ1v) is 11.5. The van der Waals surface area contributed by atoms with Crippen molar-refractivity contribution in [3.8, 4) is 11.4 Å². The van der Waals surface area contributed by atoms with Crippen LogP contribution in [0.25, 0.3) is 5.69 Å². The SMILES string of the molecule is COc1ccc(-n2c(SCC(=O)Nc3ccccc3F)nc3c(c2=O)SC(C)C3)cc1. The number of anilines is 1. The summed E-state index contributed by atoms with van der Waals surface area (Å²) in [6, 6.07) is 13.1. The Labute approximate surface area is 187 Å². The van der Waals surface area contributed by atoms with Gasteiger partial charge in [-0.2, -0.15) is 0 Å². The number of carbonyl (C=O) groups is 1. The predicted molar refractivity (Wildman–Crippen MR) is 121 cm³/mol. The van der Waals surface area contributed by atoms with Gasteiger partial charge in [0, 0.05) is 11.7 Å². The summed E-state index contributed by atoms with van der Waals surface area (Å²) in [5.74, 6) is -0.225. The Kier molecular flexibility index (Phi) is 6.33. The fraction of sp³-hybridized carbons (Fsp3) is 0.227. The van der Waals surface area contributed by atoms with Crippen LogP contribution in [0.1, 0.15) is 12.6 Å². The van der Waals surface area contributed by atoms with Crippen molar-refractivity contribution >= 4 is 35.1 Å². The van der Waals surface area contributed by atoms with Crippen LogP contribution >= 0.6 is 23.5 Å². The van der Waals surface area contributed by atoms with Crippen LogP contribution in [0.2, 0.25) is 0 Å². The quantitative estimate of drug-likeness (QED) is 0.443. The fourth-order valence-corrected chi connectivity index (χ4v) is 5.16. The number of benzene rings is 2. The highest BCUT2D eigenvalue weighted by molar-refractivity contribution is 8.00. The molecule has 0 bridgehead atoms. The normalized spacial score (nSPS) is 14.9. The number of rotatable bonds is 6. The Bertz CT molecular complexity index is 1180. The number of hydrogen-bond donors (Lipinski definition) is 1. The van der Waals surface area contributed by atoms with Gasteiger partial charge in [0.1, 0.15) is 11.6 Å². The van der Waals surface area contributed by atoms with E-state index >= 15 is 0 Å². The van der Waals surface area contributed by atoms with Crippen LogP contribution in [0.4, 0.5) is 10.1 Å². The van der Waals surface area contributed by atoms with E-state index in [1.54, 1.807) is 43.5 Å². The highest BCUT2D eigenvalue weighted by atomic mass is 32.2. The average molecular weight is 458 g/mol. The number of amides is 1. The third kappa shape index (κ3) is 4.62. The molecule has 1 N–H and O–H groups in total. The highest BCUT2D eigenvalue weighted by Crippen LogP contribution is 2.35. The molecule has 6 nitrogen and oxygen atoms in total. The van der Waals surface area contributed by atoms with Crippen LogP contribution in [0, 0.1) is 5.82 Å². The van der Waals surface area contributed by atoms with Crippen molar-refractivity contribution in [3.05, 3.63) is 70.4 Å². The summed E-state index contributed by atoms with van der Waals surface area (Å²) in [4.78, 5) is 31.0. The summed E-state index contributed by atoms with van der Waals surface area (Å²) in [5.41, 5.74) is 1.36. The van der Waals surface area contributed by atoms with Crippen molar-refractivity contribution in [2.75, 3.05) is 18.2 Å². The molecular weight excluding hydrogens is 437 g/mol. The summed E-state index contributed by atoms with van der Waals surface area (Å²) in [6.07, 6.45) is 0.702. The zero-order valence-corrected chi connectivity index (χ0v) is 18.6. The molecule has 0 radical (unpaired) electrons. The Hall–Kier alpha value is -2.78. The van der Waals surface area contributed by atoms with E-state index in [4.69, 9.17) is 9.72 Å². The van der Waals surface area contributed by atoms with Crippen LogP contribution < -0.4 is 15.6 Å². The van der Waals surface area contributed by atoms with Gasteiger partial charge in [0.25, 0.3) is 5.56 Å².